The number of rotatable bonds is 6. The van der Waals surface area contributed by atoms with Gasteiger partial charge in [0.15, 0.2) is 0 Å². The predicted octanol–water partition coefficient (Wildman–Crippen LogP) is 1.33. The zero-order valence-corrected chi connectivity index (χ0v) is 13.6. The molecule has 1 fully saturated rings. The van der Waals surface area contributed by atoms with E-state index in [4.69, 9.17) is 0 Å². The average molecular weight is 342 g/mol. The fourth-order valence-electron chi connectivity index (χ4n) is 2.23. The maximum Gasteiger partial charge on any atom is 0.329 e. The third-order valence-corrected chi connectivity index (χ3v) is 5.22. The van der Waals surface area contributed by atoms with Crippen molar-refractivity contribution in [3.8, 4) is 0 Å². The van der Waals surface area contributed by atoms with Crippen LogP contribution in [0, 0.1) is 0 Å². The van der Waals surface area contributed by atoms with Gasteiger partial charge in [-0.2, -0.15) is 23.1 Å². The van der Waals surface area contributed by atoms with Crippen molar-refractivity contribution in [2.45, 2.75) is 24.8 Å². The van der Waals surface area contributed by atoms with Gasteiger partial charge in [0.1, 0.15) is 5.54 Å². The van der Waals surface area contributed by atoms with Crippen LogP contribution in [0.15, 0.2) is 16.8 Å². The molecule has 0 radical (unpaired) electrons. The molecular weight excluding hydrogens is 324 g/mol. The molecule has 2 heterocycles. The molecule has 2 rings (SSSR count). The van der Waals surface area contributed by atoms with Crippen LogP contribution >= 0.6 is 23.1 Å². The molecule has 8 heteroatoms. The number of aliphatic carboxylic acids is 1. The lowest BCUT2D eigenvalue weighted by Crippen LogP contribution is -2.56. The minimum absolute atomic E-state index is 0.0675. The van der Waals surface area contributed by atoms with Crippen molar-refractivity contribution in [3.63, 3.8) is 0 Å². The number of carbonyl (C=O) groups excluding carboxylic acids is 2. The molecule has 1 aliphatic rings. The highest BCUT2D eigenvalue weighted by molar-refractivity contribution is 7.99. The molecule has 1 aromatic heterocycles. The molecule has 1 saturated heterocycles. The maximum atomic E-state index is 12.0. The Kier molecular flexibility index (Phi) is 5.84. The fourth-order valence-corrected chi connectivity index (χ4v) is 4.05. The van der Waals surface area contributed by atoms with Crippen LogP contribution in [0.5, 0.6) is 0 Å². The zero-order valence-electron chi connectivity index (χ0n) is 12.0. The highest BCUT2D eigenvalue weighted by atomic mass is 32.2. The van der Waals surface area contributed by atoms with E-state index >= 15 is 0 Å². The molecular formula is C14H18N2O4S2. The Hall–Kier alpha value is -1.54. The van der Waals surface area contributed by atoms with Crippen LogP contribution in [-0.2, 0) is 9.59 Å². The third kappa shape index (κ3) is 4.23. The van der Waals surface area contributed by atoms with E-state index in [-0.39, 0.29) is 24.8 Å². The molecule has 0 unspecified atom stereocenters. The Labute approximate surface area is 136 Å². The summed E-state index contributed by atoms with van der Waals surface area (Å²) in [5.41, 5.74) is -0.587. The predicted molar refractivity (Wildman–Crippen MR) is 86.3 cm³/mol. The van der Waals surface area contributed by atoms with E-state index in [2.05, 4.69) is 10.6 Å². The average Bonchev–Trinajstić information content (AvgIpc) is 3.02. The van der Waals surface area contributed by atoms with Crippen molar-refractivity contribution in [3.05, 3.63) is 22.4 Å². The molecule has 6 nitrogen and oxygen atoms in total. The van der Waals surface area contributed by atoms with Crippen molar-refractivity contribution in [1.29, 1.82) is 0 Å². The Morgan fingerprint density at radius 1 is 1.27 bits per heavy atom. The monoisotopic (exact) mass is 342 g/mol. The zero-order chi connectivity index (χ0) is 16.0. The van der Waals surface area contributed by atoms with Gasteiger partial charge in [-0.25, -0.2) is 4.79 Å². The smallest absolute Gasteiger partial charge is 0.329 e. The normalized spacial score (nSPS) is 16.7. The fraction of sp³-hybridized carbons (Fsp3) is 0.500. The number of nitrogens with one attached hydrogen (secondary N) is 2. The first-order chi connectivity index (χ1) is 10.5. The van der Waals surface area contributed by atoms with Crippen LogP contribution in [0.1, 0.15) is 29.6 Å². The van der Waals surface area contributed by atoms with Gasteiger partial charge in [-0.05, 0) is 35.8 Å². The molecule has 2 amide bonds. The number of carboxylic acid groups (broad SMARTS) is 1. The first-order valence-corrected chi connectivity index (χ1v) is 9.06. The standard InChI is InChI=1S/C14H18N2O4S2/c17-11(1-5-15-12(18)10-2-6-22-9-10)16-14(13(19)20)3-7-21-8-4-14/h2,6,9H,1,3-5,7-8H2,(H,15,18)(H,16,17)(H,19,20). The molecule has 1 aromatic rings. The second-order valence-electron chi connectivity index (χ2n) is 5.07. The summed E-state index contributed by atoms with van der Waals surface area (Å²) >= 11 is 3.12. The number of thioether (sulfide) groups is 1. The Balaban J connectivity index is 1.79. The summed E-state index contributed by atoms with van der Waals surface area (Å²) in [5.74, 6) is -0.109. The van der Waals surface area contributed by atoms with E-state index < -0.39 is 11.5 Å². The molecule has 0 aliphatic carbocycles. The quantitative estimate of drug-likeness (QED) is 0.725. The van der Waals surface area contributed by atoms with E-state index in [1.165, 1.54) is 11.3 Å². The van der Waals surface area contributed by atoms with Gasteiger partial charge in [0.2, 0.25) is 5.91 Å². The van der Waals surface area contributed by atoms with Crippen molar-refractivity contribution < 1.29 is 19.5 Å². The Morgan fingerprint density at radius 2 is 2.00 bits per heavy atom. The van der Waals surface area contributed by atoms with Crippen molar-refractivity contribution in [2.24, 2.45) is 0 Å². The number of amides is 2. The summed E-state index contributed by atoms with van der Waals surface area (Å²) in [5, 5.41) is 18.2. The van der Waals surface area contributed by atoms with Gasteiger partial charge in [-0.1, -0.05) is 0 Å². The number of hydrogen-bond donors (Lipinski definition) is 3. The molecule has 0 atom stereocenters. The Bertz CT molecular complexity index is 539. The lowest BCUT2D eigenvalue weighted by Gasteiger charge is -2.33. The Morgan fingerprint density at radius 3 is 2.59 bits per heavy atom. The lowest BCUT2D eigenvalue weighted by atomic mass is 9.92. The second-order valence-corrected chi connectivity index (χ2v) is 7.07. The van der Waals surface area contributed by atoms with E-state index in [9.17, 15) is 19.5 Å². The van der Waals surface area contributed by atoms with Gasteiger partial charge in [-0.3, -0.25) is 9.59 Å². The first-order valence-electron chi connectivity index (χ1n) is 6.96. The lowest BCUT2D eigenvalue weighted by molar-refractivity contribution is -0.148. The summed E-state index contributed by atoms with van der Waals surface area (Å²) in [7, 11) is 0. The van der Waals surface area contributed by atoms with Gasteiger partial charge in [0.25, 0.3) is 5.91 Å². The van der Waals surface area contributed by atoms with Gasteiger partial charge < -0.3 is 15.7 Å². The molecule has 3 N–H and O–H groups in total. The molecule has 0 spiro atoms. The summed E-state index contributed by atoms with van der Waals surface area (Å²) in [6, 6.07) is 1.71. The van der Waals surface area contributed by atoms with E-state index in [0.717, 1.165) is 11.5 Å². The minimum atomic E-state index is -1.15. The third-order valence-electron chi connectivity index (χ3n) is 3.56. The van der Waals surface area contributed by atoms with Crippen molar-refractivity contribution in [1.82, 2.24) is 10.6 Å². The summed E-state index contributed by atoms with van der Waals surface area (Å²) < 4.78 is 0. The van der Waals surface area contributed by atoms with Crippen LogP contribution in [0.3, 0.4) is 0 Å². The van der Waals surface area contributed by atoms with Crippen LogP contribution < -0.4 is 10.6 Å². The number of carboxylic acids is 1. The van der Waals surface area contributed by atoms with Gasteiger partial charge in [0.05, 0.1) is 0 Å². The van der Waals surface area contributed by atoms with E-state index in [1.54, 1.807) is 28.6 Å². The van der Waals surface area contributed by atoms with E-state index in [1.807, 2.05) is 0 Å². The van der Waals surface area contributed by atoms with Crippen LogP contribution in [-0.4, -0.2) is 46.5 Å². The van der Waals surface area contributed by atoms with Gasteiger partial charge in [0, 0.05) is 23.9 Å². The first kappa shape index (κ1) is 16.8. The summed E-state index contributed by atoms with van der Waals surface area (Å²) in [4.78, 5) is 35.1. The molecule has 0 bridgehead atoms. The molecule has 0 aromatic carbocycles. The molecule has 0 saturated carbocycles. The highest BCUT2D eigenvalue weighted by Crippen LogP contribution is 2.27. The van der Waals surface area contributed by atoms with Crippen LogP contribution in [0.2, 0.25) is 0 Å². The number of thiophene rings is 1. The molecule has 120 valence electrons. The largest absolute Gasteiger partial charge is 0.480 e. The van der Waals surface area contributed by atoms with Crippen LogP contribution in [0.25, 0.3) is 0 Å². The van der Waals surface area contributed by atoms with Gasteiger partial charge >= 0.3 is 5.97 Å². The summed E-state index contributed by atoms with van der Waals surface area (Å²) in [6.45, 7) is 0.185. The van der Waals surface area contributed by atoms with E-state index in [0.29, 0.717) is 18.4 Å². The highest BCUT2D eigenvalue weighted by Gasteiger charge is 2.41. The maximum absolute atomic E-state index is 12.0. The van der Waals surface area contributed by atoms with Crippen LogP contribution in [0.4, 0.5) is 0 Å². The second kappa shape index (κ2) is 7.64. The number of carbonyl (C=O) groups is 3. The summed E-state index contributed by atoms with van der Waals surface area (Å²) in [6.07, 6.45) is 0.929. The minimum Gasteiger partial charge on any atom is -0.480 e. The molecule has 22 heavy (non-hydrogen) atoms. The van der Waals surface area contributed by atoms with Crippen molar-refractivity contribution in [2.75, 3.05) is 18.1 Å². The van der Waals surface area contributed by atoms with Crippen molar-refractivity contribution >= 4 is 40.9 Å². The number of hydrogen-bond acceptors (Lipinski definition) is 5. The van der Waals surface area contributed by atoms with Gasteiger partial charge in [-0.15, -0.1) is 0 Å². The topological polar surface area (TPSA) is 95.5 Å². The molecule has 1 aliphatic heterocycles. The SMILES string of the molecule is O=C(CCNC(=O)c1ccsc1)NC1(C(=O)O)CCSCC1.